The zero-order chi connectivity index (χ0) is 54.4. The van der Waals surface area contributed by atoms with Crippen molar-refractivity contribution >= 4 is 52.3 Å². The molecule has 0 unspecified atom stereocenters. The highest BCUT2D eigenvalue weighted by Crippen LogP contribution is 2.40. The summed E-state index contributed by atoms with van der Waals surface area (Å²) in [4.78, 5) is 28.0. The van der Waals surface area contributed by atoms with Crippen molar-refractivity contribution in [2.45, 2.75) is 213 Å². The van der Waals surface area contributed by atoms with Crippen LogP contribution in [-0.2, 0) is 0 Å². The molecule has 0 atom stereocenters. The lowest BCUT2D eigenvalue weighted by Crippen LogP contribution is -2.12. The lowest BCUT2D eigenvalue weighted by molar-refractivity contribution is 0.0733. The normalized spacial score (nSPS) is 11.1. The number of carbonyl (C=O) groups excluding carboxylic acids is 1. The van der Waals surface area contributed by atoms with Crippen molar-refractivity contribution in [2.24, 2.45) is 0 Å². The van der Waals surface area contributed by atoms with E-state index in [9.17, 15) is 4.79 Å². The summed E-state index contributed by atoms with van der Waals surface area (Å²) >= 11 is 0. The van der Waals surface area contributed by atoms with Crippen LogP contribution < -0.4 is 46.4 Å². The van der Waals surface area contributed by atoms with E-state index in [0.717, 1.165) is 49.9 Å². The summed E-state index contributed by atoms with van der Waals surface area (Å²) in [5, 5.41) is 9.75. The molecule has 0 aliphatic heterocycles. The van der Waals surface area contributed by atoms with Gasteiger partial charge in [0.25, 0.3) is 0 Å². The van der Waals surface area contributed by atoms with Gasteiger partial charge < -0.3 is 46.4 Å². The van der Waals surface area contributed by atoms with E-state index in [1.807, 2.05) is 24.3 Å². The third kappa shape index (κ3) is 26.1. The van der Waals surface area contributed by atoms with E-state index < -0.39 is 5.97 Å². The van der Waals surface area contributed by atoms with Gasteiger partial charge in [0.05, 0.1) is 25.4 Å². The summed E-state index contributed by atoms with van der Waals surface area (Å²) < 4.78 is 25.8. The molecule has 422 valence electrons. The highest BCUT2D eigenvalue weighted by molar-refractivity contribution is 5.92. The molecule has 13 heteroatoms. The van der Waals surface area contributed by atoms with E-state index in [-0.39, 0.29) is 5.95 Å². The van der Waals surface area contributed by atoms with Gasteiger partial charge in [-0.1, -0.05) is 194 Å². The highest BCUT2D eigenvalue weighted by Gasteiger charge is 2.21. The largest absolute Gasteiger partial charge is 0.490 e. The molecule has 0 amide bonds. The zero-order valence-corrected chi connectivity index (χ0v) is 47.5. The number of rotatable bonds is 44. The molecule has 0 radical (unpaired) electrons. The van der Waals surface area contributed by atoms with E-state index >= 15 is 0 Å². The average molecular weight is 1060 g/mol. The molecule has 0 aliphatic rings. The van der Waals surface area contributed by atoms with Crippen LogP contribution in [0.3, 0.4) is 0 Å². The Morgan fingerprint density at radius 3 is 1.00 bits per heavy atom. The predicted octanol–water partition coefficient (Wildman–Crippen LogP) is 18.4. The van der Waals surface area contributed by atoms with E-state index in [0.29, 0.717) is 77.3 Å². The monoisotopic (exact) mass is 1060 g/mol. The summed E-state index contributed by atoms with van der Waals surface area (Å²) in [5.74, 6) is 2.37. The minimum atomic E-state index is -0.520. The molecule has 5 aromatic rings. The third-order valence-corrected chi connectivity index (χ3v) is 13.8. The molecule has 0 bridgehead atoms. The number of anilines is 8. The molecule has 0 aliphatic carbocycles. The lowest BCUT2D eigenvalue weighted by atomic mass is 10.1. The molecule has 0 spiro atoms. The van der Waals surface area contributed by atoms with Crippen molar-refractivity contribution in [3.63, 3.8) is 0 Å². The molecule has 0 saturated heterocycles. The summed E-state index contributed by atoms with van der Waals surface area (Å²) in [6, 6.07) is 25.2. The Bertz CT molecular complexity index is 2220. The maximum absolute atomic E-state index is 14.2. The first-order valence-corrected chi connectivity index (χ1v) is 30.0. The van der Waals surface area contributed by atoms with Crippen LogP contribution in [-0.4, -0.2) is 40.7 Å². The number of carbonyl (C=O) groups is 1. The van der Waals surface area contributed by atoms with Gasteiger partial charge in [-0.25, -0.2) is 4.79 Å². The van der Waals surface area contributed by atoms with Gasteiger partial charge in [0.2, 0.25) is 23.6 Å². The first-order valence-electron chi connectivity index (χ1n) is 30.0. The summed E-state index contributed by atoms with van der Waals surface area (Å²) in [6.45, 7) is 8.40. The molecule has 0 saturated carbocycles. The fourth-order valence-electron chi connectivity index (χ4n) is 9.19. The first kappa shape index (κ1) is 61.6. The maximum Gasteiger partial charge on any atom is 0.343 e. The lowest BCUT2D eigenvalue weighted by Gasteiger charge is -2.19. The number of benzene rings is 4. The van der Waals surface area contributed by atoms with Gasteiger partial charge in [-0.2, -0.15) is 15.0 Å². The standard InChI is InChI=1S/C64H96N8O5/c1-4-7-10-13-16-19-22-25-28-31-46-74-58-49-51(50-59(75-47-32-29-26-23-20-17-14-11-8-5-2)60(58)76-48-33-30-27-24-21-18-15-12-9-6-3)61(73)77-57-44-42-56(43-45-57)69-64-71-62(67-54-38-34-52(65)35-39-54)70-63(72-64)68-55-40-36-53(66)37-41-55/h34-45,49-50H,4-33,46-48,65-66H2,1-3H3,(H3,67,68,69,70,71,72). The topological polar surface area (TPSA) is 181 Å². The summed E-state index contributed by atoms with van der Waals surface area (Å²) in [6.07, 6.45) is 37.2. The minimum absolute atomic E-state index is 0.284. The molecule has 5 rings (SSSR count). The molecule has 77 heavy (non-hydrogen) atoms. The fraction of sp³-hybridized carbons (Fsp3) is 0.562. The van der Waals surface area contributed by atoms with Gasteiger partial charge in [0, 0.05) is 28.4 Å². The Labute approximate surface area is 463 Å². The van der Waals surface area contributed by atoms with E-state index in [2.05, 4.69) is 51.7 Å². The van der Waals surface area contributed by atoms with Crippen molar-refractivity contribution in [2.75, 3.05) is 47.2 Å². The SMILES string of the molecule is CCCCCCCCCCCCOc1cc(C(=O)Oc2ccc(Nc3nc(Nc4ccc(N)cc4)nc(Nc4ccc(N)cc4)n3)cc2)cc(OCCCCCCCCCCCC)c1OCCCCCCCCCCCC. The van der Waals surface area contributed by atoms with Gasteiger partial charge in [-0.05, 0) is 104 Å². The quantitative estimate of drug-likeness (QED) is 0.0108. The minimum Gasteiger partial charge on any atom is -0.490 e. The number of aromatic nitrogens is 3. The van der Waals surface area contributed by atoms with Crippen molar-refractivity contribution in [3.05, 3.63) is 90.5 Å². The Morgan fingerprint density at radius 1 is 0.390 bits per heavy atom. The van der Waals surface area contributed by atoms with Crippen LogP contribution in [0.15, 0.2) is 84.9 Å². The number of nitrogens with two attached hydrogens (primary N) is 2. The number of nitrogens with one attached hydrogen (secondary N) is 3. The second-order valence-electron chi connectivity index (χ2n) is 20.7. The average Bonchev–Trinajstić information content (AvgIpc) is 3.43. The van der Waals surface area contributed by atoms with Gasteiger partial charge >= 0.3 is 5.97 Å². The number of hydrogen-bond acceptors (Lipinski definition) is 13. The van der Waals surface area contributed by atoms with Crippen molar-refractivity contribution in [1.82, 2.24) is 15.0 Å². The molecular formula is C64H96N8O5. The first-order chi connectivity index (χ1) is 37.8. The van der Waals surface area contributed by atoms with Crippen molar-refractivity contribution < 1.29 is 23.7 Å². The smallest absolute Gasteiger partial charge is 0.343 e. The maximum atomic E-state index is 14.2. The Morgan fingerprint density at radius 2 is 0.675 bits per heavy atom. The molecule has 1 aromatic heterocycles. The van der Waals surface area contributed by atoms with E-state index in [4.69, 9.17) is 30.4 Å². The zero-order valence-electron chi connectivity index (χ0n) is 47.5. The second kappa shape index (κ2) is 38.3. The van der Waals surface area contributed by atoms with Crippen molar-refractivity contribution in [1.29, 1.82) is 0 Å². The predicted molar refractivity (Wildman–Crippen MR) is 321 cm³/mol. The Kier molecular flexibility index (Phi) is 30.7. The highest BCUT2D eigenvalue weighted by atomic mass is 16.5. The number of esters is 1. The molecular weight excluding hydrogens is 961 g/mol. The Balaban J connectivity index is 1.28. The molecule has 7 N–H and O–H groups in total. The number of hydrogen-bond donors (Lipinski definition) is 5. The van der Waals surface area contributed by atoms with Crippen LogP contribution in [0.4, 0.5) is 46.3 Å². The summed E-state index contributed by atoms with van der Waals surface area (Å²) in [5.41, 5.74) is 15.7. The van der Waals surface area contributed by atoms with Gasteiger partial charge in [0.1, 0.15) is 5.75 Å². The molecule has 13 nitrogen and oxygen atoms in total. The van der Waals surface area contributed by atoms with Gasteiger partial charge in [-0.15, -0.1) is 0 Å². The van der Waals surface area contributed by atoms with E-state index in [1.165, 1.54) is 154 Å². The van der Waals surface area contributed by atoms with Gasteiger partial charge in [0.15, 0.2) is 11.5 Å². The van der Waals surface area contributed by atoms with Crippen molar-refractivity contribution in [3.8, 4) is 23.0 Å². The van der Waals surface area contributed by atoms with Crippen LogP contribution in [0.25, 0.3) is 0 Å². The third-order valence-electron chi connectivity index (χ3n) is 13.8. The molecule has 1 heterocycles. The number of nitrogen functional groups attached to an aromatic ring is 2. The van der Waals surface area contributed by atoms with Crippen LogP contribution in [0, 0.1) is 0 Å². The van der Waals surface area contributed by atoms with Crippen LogP contribution >= 0.6 is 0 Å². The van der Waals surface area contributed by atoms with Crippen LogP contribution in [0.2, 0.25) is 0 Å². The van der Waals surface area contributed by atoms with Crippen LogP contribution in [0.5, 0.6) is 23.0 Å². The molecule has 4 aromatic carbocycles. The molecule has 0 fully saturated rings. The second-order valence-corrected chi connectivity index (χ2v) is 20.7. The van der Waals surface area contributed by atoms with Crippen LogP contribution in [0.1, 0.15) is 224 Å². The number of unbranched alkanes of at least 4 members (excludes halogenated alkanes) is 27. The number of ether oxygens (including phenoxy) is 4. The van der Waals surface area contributed by atoms with Gasteiger partial charge in [-0.3, -0.25) is 0 Å². The number of nitrogens with zero attached hydrogens (tertiary/aromatic N) is 3. The summed E-state index contributed by atoms with van der Waals surface area (Å²) in [7, 11) is 0. The van der Waals surface area contributed by atoms with E-state index in [1.54, 1.807) is 60.7 Å². The Hall–Kier alpha value is -6.24. The fourth-order valence-corrected chi connectivity index (χ4v) is 9.19.